The number of hydrogen-bond acceptors (Lipinski definition) is 4. The van der Waals surface area contributed by atoms with Crippen molar-refractivity contribution in [2.45, 2.75) is 38.6 Å². The fourth-order valence-electron chi connectivity index (χ4n) is 2.42. The van der Waals surface area contributed by atoms with Crippen molar-refractivity contribution >= 4 is 17.6 Å². The lowest BCUT2D eigenvalue weighted by Crippen LogP contribution is -2.42. The highest BCUT2D eigenvalue weighted by atomic mass is 35.5. The van der Waals surface area contributed by atoms with Crippen LogP contribution in [0.25, 0.3) is 0 Å². The lowest BCUT2D eigenvalue weighted by Gasteiger charge is -2.27. The molecule has 7 heteroatoms. The Morgan fingerprint density at radius 1 is 1.38 bits per heavy atom. The number of carboxylic acids is 1. The van der Waals surface area contributed by atoms with E-state index < -0.39 is 11.5 Å². The van der Waals surface area contributed by atoms with Gasteiger partial charge in [0.2, 0.25) is 0 Å². The number of aromatic nitrogens is 4. The van der Waals surface area contributed by atoms with E-state index in [2.05, 4.69) is 15.5 Å². The molecule has 2 rings (SSSR count). The Morgan fingerprint density at radius 2 is 2.10 bits per heavy atom. The molecular formula is C14H17ClN4O2. The SMILES string of the molecule is CCC(CC)(C(=O)O)n1nnnc1Cc1cccc(Cl)c1. The maximum absolute atomic E-state index is 11.7. The van der Waals surface area contributed by atoms with E-state index in [1.165, 1.54) is 4.68 Å². The summed E-state index contributed by atoms with van der Waals surface area (Å²) in [6, 6.07) is 7.36. The van der Waals surface area contributed by atoms with E-state index in [0.29, 0.717) is 30.1 Å². The Morgan fingerprint density at radius 3 is 2.67 bits per heavy atom. The molecule has 0 spiro atoms. The molecule has 0 aliphatic carbocycles. The van der Waals surface area contributed by atoms with Crippen molar-refractivity contribution in [1.82, 2.24) is 20.2 Å². The number of benzene rings is 1. The summed E-state index contributed by atoms with van der Waals surface area (Å²) in [6.07, 6.45) is 1.25. The number of nitrogens with zero attached hydrogens (tertiary/aromatic N) is 4. The van der Waals surface area contributed by atoms with E-state index in [0.717, 1.165) is 5.56 Å². The zero-order valence-corrected chi connectivity index (χ0v) is 12.7. The van der Waals surface area contributed by atoms with E-state index in [1.807, 2.05) is 32.0 Å². The van der Waals surface area contributed by atoms with Gasteiger partial charge in [-0.1, -0.05) is 37.6 Å². The number of halogens is 1. The third kappa shape index (κ3) is 2.90. The van der Waals surface area contributed by atoms with Gasteiger partial charge in [-0.3, -0.25) is 0 Å². The van der Waals surface area contributed by atoms with Crippen molar-refractivity contribution in [3.05, 3.63) is 40.7 Å². The van der Waals surface area contributed by atoms with E-state index in [-0.39, 0.29) is 0 Å². The fourth-order valence-corrected chi connectivity index (χ4v) is 2.63. The monoisotopic (exact) mass is 308 g/mol. The van der Waals surface area contributed by atoms with Gasteiger partial charge >= 0.3 is 5.97 Å². The summed E-state index contributed by atoms with van der Waals surface area (Å²) in [5.41, 5.74) is -0.178. The van der Waals surface area contributed by atoms with Crippen LogP contribution < -0.4 is 0 Å². The molecule has 0 unspecified atom stereocenters. The number of rotatable bonds is 6. The third-order valence-electron chi connectivity index (χ3n) is 3.76. The van der Waals surface area contributed by atoms with Gasteiger partial charge in [0.15, 0.2) is 11.4 Å². The first kappa shape index (κ1) is 15.4. The number of carboxylic acid groups (broad SMARTS) is 1. The smallest absolute Gasteiger partial charge is 0.331 e. The normalized spacial score (nSPS) is 11.6. The lowest BCUT2D eigenvalue weighted by atomic mass is 9.93. The Labute approximate surface area is 127 Å². The van der Waals surface area contributed by atoms with Gasteiger partial charge in [0.1, 0.15) is 0 Å². The van der Waals surface area contributed by atoms with Crippen molar-refractivity contribution in [3.63, 3.8) is 0 Å². The zero-order valence-electron chi connectivity index (χ0n) is 12.0. The van der Waals surface area contributed by atoms with Crippen LogP contribution in [0.15, 0.2) is 24.3 Å². The predicted octanol–water partition coefficient (Wildman–Crippen LogP) is 2.52. The predicted molar refractivity (Wildman–Crippen MR) is 78.3 cm³/mol. The molecule has 2 aromatic rings. The first-order valence-electron chi connectivity index (χ1n) is 6.79. The summed E-state index contributed by atoms with van der Waals surface area (Å²) in [4.78, 5) is 11.7. The molecule has 0 aliphatic rings. The third-order valence-corrected chi connectivity index (χ3v) is 3.99. The van der Waals surface area contributed by atoms with E-state index in [4.69, 9.17) is 11.6 Å². The molecule has 0 amide bonds. The standard InChI is InChI=1S/C14H17ClN4O2/c1-3-14(4-2,13(20)21)19-12(16-17-18-19)9-10-6-5-7-11(15)8-10/h5-8H,3-4,9H2,1-2H3,(H,20,21). The maximum atomic E-state index is 11.7. The average Bonchev–Trinajstić information content (AvgIpc) is 2.89. The van der Waals surface area contributed by atoms with E-state index in [9.17, 15) is 9.90 Å². The molecule has 1 N–H and O–H groups in total. The molecule has 0 radical (unpaired) electrons. The second-order valence-electron chi connectivity index (χ2n) is 4.86. The summed E-state index contributed by atoms with van der Waals surface area (Å²) in [5.74, 6) is -0.407. The van der Waals surface area contributed by atoms with Gasteiger partial charge in [-0.15, -0.1) is 5.10 Å². The quantitative estimate of drug-likeness (QED) is 0.886. The highest BCUT2D eigenvalue weighted by Crippen LogP contribution is 2.26. The summed E-state index contributed by atoms with van der Waals surface area (Å²) in [7, 11) is 0. The van der Waals surface area contributed by atoms with Gasteiger partial charge in [0.25, 0.3) is 0 Å². The van der Waals surface area contributed by atoms with Gasteiger partial charge in [-0.05, 0) is 41.0 Å². The van der Waals surface area contributed by atoms with Gasteiger partial charge in [-0.2, -0.15) is 0 Å². The minimum absolute atomic E-state index is 0.409. The van der Waals surface area contributed by atoms with Gasteiger partial charge in [0.05, 0.1) is 0 Å². The molecule has 6 nitrogen and oxygen atoms in total. The minimum Gasteiger partial charge on any atom is -0.479 e. The molecule has 0 saturated heterocycles. The molecule has 0 saturated carbocycles. The molecule has 0 atom stereocenters. The van der Waals surface area contributed by atoms with E-state index >= 15 is 0 Å². The van der Waals surface area contributed by atoms with Crippen LogP contribution in [-0.4, -0.2) is 31.3 Å². The van der Waals surface area contributed by atoms with Crippen LogP contribution in [0.4, 0.5) is 0 Å². The fraction of sp³-hybridized carbons (Fsp3) is 0.429. The summed E-state index contributed by atoms with van der Waals surface area (Å²) >= 11 is 5.97. The first-order valence-corrected chi connectivity index (χ1v) is 7.17. The summed E-state index contributed by atoms with van der Waals surface area (Å²) in [6.45, 7) is 3.64. The number of tetrazole rings is 1. The lowest BCUT2D eigenvalue weighted by molar-refractivity contribution is -0.148. The largest absolute Gasteiger partial charge is 0.479 e. The van der Waals surface area contributed by atoms with Crippen molar-refractivity contribution in [1.29, 1.82) is 0 Å². The Kier molecular flexibility index (Phi) is 4.57. The van der Waals surface area contributed by atoms with E-state index in [1.54, 1.807) is 6.07 Å². The maximum Gasteiger partial charge on any atom is 0.331 e. The van der Waals surface area contributed by atoms with Gasteiger partial charge in [-0.25, -0.2) is 9.48 Å². The average molecular weight is 309 g/mol. The van der Waals surface area contributed by atoms with Crippen molar-refractivity contribution < 1.29 is 9.90 Å². The number of hydrogen-bond donors (Lipinski definition) is 1. The van der Waals surface area contributed by atoms with Crippen LogP contribution in [-0.2, 0) is 16.8 Å². The molecule has 112 valence electrons. The molecule has 1 heterocycles. The molecule has 1 aromatic heterocycles. The molecule has 1 aromatic carbocycles. The highest BCUT2D eigenvalue weighted by Gasteiger charge is 2.40. The molecule has 21 heavy (non-hydrogen) atoms. The van der Waals surface area contributed by atoms with Crippen LogP contribution in [0.3, 0.4) is 0 Å². The van der Waals surface area contributed by atoms with Crippen LogP contribution in [0.5, 0.6) is 0 Å². The molecule has 0 bridgehead atoms. The van der Waals surface area contributed by atoms with Gasteiger partial charge < -0.3 is 5.11 Å². The Hall–Kier alpha value is -1.95. The van der Waals surface area contributed by atoms with Crippen LogP contribution >= 0.6 is 11.6 Å². The summed E-state index contributed by atoms with van der Waals surface area (Å²) in [5, 5.41) is 21.8. The van der Waals surface area contributed by atoms with Crippen LogP contribution in [0, 0.1) is 0 Å². The minimum atomic E-state index is -1.11. The molecule has 0 aliphatic heterocycles. The van der Waals surface area contributed by atoms with Gasteiger partial charge in [0, 0.05) is 11.4 Å². The van der Waals surface area contributed by atoms with Crippen LogP contribution in [0.1, 0.15) is 38.1 Å². The molecule has 0 fully saturated rings. The van der Waals surface area contributed by atoms with Crippen molar-refractivity contribution in [2.24, 2.45) is 0 Å². The molecular weight excluding hydrogens is 292 g/mol. The zero-order chi connectivity index (χ0) is 15.5. The second kappa shape index (κ2) is 6.22. The topological polar surface area (TPSA) is 80.9 Å². The van der Waals surface area contributed by atoms with Crippen LogP contribution in [0.2, 0.25) is 5.02 Å². The number of aliphatic carboxylic acids is 1. The highest BCUT2D eigenvalue weighted by molar-refractivity contribution is 6.30. The second-order valence-corrected chi connectivity index (χ2v) is 5.29. The number of carbonyl (C=O) groups is 1. The van der Waals surface area contributed by atoms with Crippen molar-refractivity contribution in [3.8, 4) is 0 Å². The summed E-state index contributed by atoms with van der Waals surface area (Å²) < 4.78 is 1.43. The first-order chi connectivity index (χ1) is 10.0. The Bertz CT molecular complexity index is 637. The van der Waals surface area contributed by atoms with Crippen molar-refractivity contribution in [2.75, 3.05) is 0 Å². The Balaban J connectivity index is 2.40.